The number of aldehydes is 1. The molecule has 0 saturated heterocycles. The van der Waals surface area contributed by atoms with Crippen molar-refractivity contribution in [1.82, 2.24) is 0 Å². The molecule has 15 heavy (non-hydrogen) atoms. The summed E-state index contributed by atoms with van der Waals surface area (Å²) in [6, 6.07) is 10.1. The van der Waals surface area contributed by atoms with Crippen molar-refractivity contribution >= 4 is 12.0 Å². The smallest absolute Gasteiger partial charge is 0.123 e. The Balaban J connectivity index is 0.000000151. The lowest BCUT2D eigenvalue weighted by molar-refractivity contribution is -0.110. The van der Waals surface area contributed by atoms with E-state index in [4.69, 9.17) is 0 Å². The third kappa shape index (κ3) is 4.45. The van der Waals surface area contributed by atoms with Crippen molar-refractivity contribution in [2.75, 3.05) is 12.4 Å². The van der Waals surface area contributed by atoms with E-state index >= 15 is 0 Å². The molecule has 0 heterocycles. The van der Waals surface area contributed by atoms with Crippen molar-refractivity contribution in [2.45, 2.75) is 12.8 Å². The van der Waals surface area contributed by atoms with Gasteiger partial charge in [0, 0.05) is 18.7 Å². The molecule has 2 heteroatoms. The number of hydrogen-bond acceptors (Lipinski definition) is 2. The molecule has 0 unspecified atom stereocenters. The number of hydrogen-bond donors (Lipinski definition) is 1. The van der Waals surface area contributed by atoms with Crippen LogP contribution in [0.5, 0.6) is 0 Å². The minimum atomic E-state index is 0.306. The molecule has 0 bridgehead atoms. The molecule has 1 N–H and O–H groups in total. The van der Waals surface area contributed by atoms with Gasteiger partial charge in [0.1, 0.15) is 6.29 Å². The van der Waals surface area contributed by atoms with Crippen LogP contribution in [0.3, 0.4) is 0 Å². The molecule has 1 aromatic carbocycles. The predicted molar refractivity (Wildman–Crippen MR) is 63.9 cm³/mol. The predicted octanol–water partition coefficient (Wildman–Crippen LogP) is 2.88. The van der Waals surface area contributed by atoms with Crippen molar-refractivity contribution in [3.8, 4) is 0 Å². The molecule has 0 amide bonds. The number of nitrogens with one attached hydrogen (secondary N) is 1. The van der Waals surface area contributed by atoms with Gasteiger partial charge in [-0.1, -0.05) is 30.4 Å². The van der Waals surface area contributed by atoms with Gasteiger partial charge in [-0.05, 0) is 25.0 Å². The highest BCUT2D eigenvalue weighted by atomic mass is 16.1. The number of rotatable bonds is 2. The molecule has 0 aliphatic heterocycles. The highest BCUT2D eigenvalue weighted by Crippen LogP contribution is 2.13. The summed E-state index contributed by atoms with van der Waals surface area (Å²) >= 11 is 0. The SMILES string of the molecule is CNc1ccccc1.O=CC1CC=CC1. The molecule has 1 aliphatic carbocycles. The molecular formula is C13H17NO. The topological polar surface area (TPSA) is 29.1 Å². The monoisotopic (exact) mass is 203 g/mol. The van der Waals surface area contributed by atoms with Crippen LogP contribution in [0.25, 0.3) is 0 Å². The van der Waals surface area contributed by atoms with Gasteiger partial charge in [0.25, 0.3) is 0 Å². The van der Waals surface area contributed by atoms with Crippen LogP contribution >= 0.6 is 0 Å². The zero-order valence-electron chi connectivity index (χ0n) is 9.02. The maximum Gasteiger partial charge on any atom is 0.123 e. The Bertz CT molecular complexity index is 298. The molecule has 0 saturated carbocycles. The van der Waals surface area contributed by atoms with Crippen LogP contribution in [0.15, 0.2) is 42.5 Å². The van der Waals surface area contributed by atoms with Gasteiger partial charge in [-0.2, -0.15) is 0 Å². The molecule has 0 radical (unpaired) electrons. The average molecular weight is 203 g/mol. The minimum absolute atomic E-state index is 0.306. The first-order valence-electron chi connectivity index (χ1n) is 5.20. The molecule has 1 aliphatic rings. The zero-order valence-corrected chi connectivity index (χ0v) is 9.02. The normalized spacial score (nSPS) is 14.2. The van der Waals surface area contributed by atoms with Crippen molar-refractivity contribution in [2.24, 2.45) is 5.92 Å². The largest absolute Gasteiger partial charge is 0.388 e. The highest BCUT2D eigenvalue weighted by Gasteiger charge is 2.06. The van der Waals surface area contributed by atoms with E-state index in [1.54, 1.807) is 0 Å². The van der Waals surface area contributed by atoms with Crippen LogP contribution in [-0.4, -0.2) is 13.3 Å². The first kappa shape index (κ1) is 11.5. The number of carbonyl (C=O) groups excluding carboxylic acids is 1. The van der Waals surface area contributed by atoms with Crippen molar-refractivity contribution < 1.29 is 4.79 Å². The fourth-order valence-corrected chi connectivity index (χ4v) is 1.35. The summed E-state index contributed by atoms with van der Waals surface area (Å²) < 4.78 is 0. The summed E-state index contributed by atoms with van der Waals surface area (Å²) in [5.74, 6) is 0.306. The van der Waals surface area contributed by atoms with E-state index in [2.05, 4.69) is 17.5 Å². The maximum absolute atomic E-state index is 9.97. The maximum atomic E-state index is 9.97. The summed E-state index contributed by atoms with van der Waals surface area (Å²) in [6.07, 6.45) is 7.06. The van der Waals surface area contributed by atoms with E-state index in [9.17, 15) is 4.79 Å². The Morgan fingerprint density at radius 3 is 2.13 bits per heavy atom. The van der Waals surface area contributed by atoms with Gasteiger partial charge < -0.3 is 10.1 Å². The van der Waals surface area contributed by atoms with Crippen LogP contribution in [0.1, 0.15) is 12.8 Å². The summed E-state index contributed by atoms with van der Waals surface area (Å²) in [5.41, 5.74) is 1.16. The van der Waals surface area contributed by atoms with Crippen molar-refractivity contribution in [3.63, 3.8) is 0 Å². The number of anilines is 1. The third-order valence-electron chi connectivity index (χ3n) is 2.30. The summed E-state index contributed by atoms with van der Waals surface area (Å²) in [6.45, 7) is 0. The standard InChI is InChI=1S/C7H9N.C6H8O/c1-8-7-5-3-2-4-6-7;7-5-6-3-1-2-4-6/h2-6,8H,1H3;1-2,5-6H,3-4H2. The van der Waals surface area contributed by atoms with Gasteiger partial charge in [0.15, 0.2) is 0 Å². The van der Waals surface area contributed by atoms with Gasteiger partial charge >= 0.3 is 0 Å². The lowest BCUT2D eigenvalue weighted by Gasteiger charge is -1.94. The van der Waals surface area contributed by atoms with Crippen molar-refractivity contribution in [3.05, 3.63) is 42.5 Å². The van der Waals surface area contributed by atoms with Crippen LogP contribution in [-0.2, 0) is 4.79 Å². The number of benzene rings is 1. The Labute approximate surface area is 91.0 Å². The second kappa shape index (κ2) is 6.82. The van der Waals surface area contributed by atoms with E-state index in [0.717, 1.165) is 24.8 Å². The van der Waals surface area contributed by atoms with E-state index in [1.165, 1.54) is 0 Å². The number of allylic oxidation sites excluding steroid dienone is 2. The van der Waals surface area contributed by atoms with Crippen LogP contribution in [0.2, 0.25) is 0 Å². The fraction of sp³-hybridized carbons (Fsp3) is 0.308. The van der Waals surface area contributed by atoms with Gasteiger partial charge in [-0.3, -0.25) is 0 Å². The molecule has 0 spiro atoms. The van der Waals surface area contributed by atoms with Crippen LogP contribution in [0.4, 0.5) is 5.69 Å². The molecule has 80 valence electrons. The Morgan fingerprint density at radius 1 is 1.20 bits per heavy atom. The van der Waals surface area contributed by atoms with Gasteiger partial charge in [-0.25, -0.2) is 0 Å². The molecular weight excluding hydrogens is 186 g/mol. The second-order valence-corrected chi connectivity index (χ2v) is 3.45. The van der Waals surface area contributed by atoms with Gasteiger partial charge in [0.05, 0.1) is 0 Å². The lowest BCUT2D eigenvalue weighted by atomic mass is 10.1. The Kier molecular flexibility index (Phi) is 5.23. The van der Waals surface area contributed by atoms with E-state index < -0.39 is 0 Å². The Morgan fingerprint density at radius 2 is 1.80 bits per heavy atom. The quantitative estimate of drug-likeness (QED) is 0.591. The number of carbonyl (C=O) groups is 1. The molecule has 2 rings (SSSR count). The molecule has 2 nitrogen and oxygen atoms in total. The summed E-state index contributed by atoms with van der Waals surface area (Å²) in [5, 5.41) is 3.03. The van der Waals surface area contributed by atoms with Crippen LogP contribution < -0.4 is 5.32 Å². The Hall–Kier alpha value is -1.57. The minimum Gasteiger partial charge on any atom is -0.388 e. The molecule has 0 fully saturated rings. The summed E-state index contributed by atoms with van der Waals surface area (Å²) in [7, 11) is 1.91. The average Bonchev–Trinajstić information content (AvgIpc) is 2.84. The lowest BCUT2D eigenvalue weighted by Crippen LogP contribution is -1.91. The first-order chi connectivity index (χ1) is 7.36. The summed E-state index contributed by atoms with van der Waals surface area (Å²) in [4.78, 5) is 9.97. The van der Waals surface area contributed by atoms with E-state index in [1.807, 2.05) is 37.4 Å². The van der Waals surface area contributed by atoms with Gasteiger partial charge in [-0.15, -0.1) is 0 Å². The molecule has 0 aromatic heterocycles. The highest BCUT2D eigenvalue weighted by molar-refractivity contribution is 5.55. The zero-order chi connectivity index (χ0) is 10.9. The molecule has 1 aromatic rings. The second-order valence-electron chi connectivity index (χ2n) is 3.45. The fourth-order valence-electron chi connectivity index (χ4n) is 1.35. The van der Waals surface area contributed by atoms with E-state index in [-0.39, 0.29) is 0 Å². The van der Waals surface area contributed by atoms with E-state index in [0.29, 0.717) is 5.92 Å². The van der Waals surface area contributed by atoms with Crippen molar-refractivity contribution in [1.29, 1.82) is 0 Å². The van der Waals surface area contributed by atoms with Gasteiger partial charge in [0.2, 0.25) is 0 Å². The molecule has 0 atom stereocenters. The first-order valence-corrected chi connectivity index (χ1v) is 5.20. The van der Waals surface area contributed by atoms with Crippen LogP contribution in [0, 0.1) is 5.92 Å². The number of para-hydroxylation sites is 1. The third-order valence-corrected chi connectivity index (χ3v) is 2.30.